The second-order valence-electron chi connectivity index (χ2n) is 8.16. The van der Waals surface area contributed by atoms with Gasteiger partial charge < -0.3 is 15.0 Å². The SMILES string of the molecule is Cc1cc2c(cc1S(=O)(=O)CCC(=O)N1CCN(Cc3ccccc3)CC1)OCC(=O)N2. The zero-order valence-electron chi connectivity index (χ0n) is 18.0. The molecule has 1 saturated heterocycles. The van der Waals surface area contributed by atoms with Gasteiger partial charge in [0.1, 0.15) is 5.75 Å². The standard InChI is InChI=1S/C23H27N3O5S/c1-17-13-19-20(31-16-22(27)24-19)14-21(17)32(29,30)12-7-23(28)26-10-8-25(9-11-26)15-18-5-3-2-4-6-18/h2-6,13-14H,7-12,15-16H2,1H3,(H,24,27). The Morgan fingerprint density at radius 3 is 2.53 bits per heavy atom. The number of anilines is 1. The van der Waals surface area contributed by atoms with Crippen LogP contribution in [0.15, 0.2) is 47.4 Å². The lowest BCUT2D eigenvalue weighted by atomic mass is 10.2. The molecule has 2 aliphatic rings. The third-order valence-electron chi connectivity index (χ3n) is 5.80. The van der Waals surface area contributed by atoms with Gasteiger partial charge in [0.05, 0.1) is 16.3 Å². The predicted molar refractivity (Wildman–Crippen MR) is 120 cm³/mol. The van der Waals surface area contributed by atoms with Gasteiger partial charge in [-0.05, 0) is 24.1 Å². The summed E-state index contributed by atoms with van der Waals surface area (Å²) in [4.78, 5) is 28.3. The van der Waals surface area contributed by atoms with E-state index in [-0.39, 0.29) is 35.5 Å². The van der Waals surface area contributed by atoms with Crippen molar-refractivity contribution in [3.8, 4) is 5.75 Å². The van der Waals surface area contributed by atoms with E-state index >= 15 is 0 Å². The molecule has 8 nitrogen and oxygen atoms in total. The summed E-state index contributed by atoms with van der Waals surface area (Å²) in [7, 11) is -3.67. The highest BCUT2D eigenvalue weighted by atomic mass is 32.2. The summed E-state index contributed by atoms with van der Waals surface area (Å²) in [5.41, 5.74) is 2.21. The monoisotopic (exact) mass is 457 g/mol. The number of hydrogen-bond donors (Lipinski definition) is 1. The predicted octanol–water partition coefficient (Wildman–Crippen LogP) is 1.83. The lowest BCUT2D eigenvalue weighted by Crippen LogP contribution is -2.48. The Hall–Kier alpha value is -2.91. The highest BCUT2D eigenvalue weighted by Crippen LogP contribution is 2.33. The number of rotatable bonds is 6. The summed E-state index contributed by atoms with van der Waals surface area (Å²) >= 11 is 0. The molecule has 0 aromatic heterocycles. The highest BCUT2D eigenvalue weighted by Gasteiger charge is 2.26. The van der Waals surface area contributed by atoms with Gasteiger partial charge in [-0.3, -0.25) is 14.5 Å². The molecule has 0 saturated carbocycles. The van der Waals surface area contributed by atoms with Gasteiger partial charge >= 0.3 is 0 Å². The van der Waals surface area contributed by atoms with Gasteiger partial charge in [0.25, 0.3) is 5.91 Å². The second kappa shape index (κ2) is 9.30. The van der Waals surface area contributed by atoms with E-state index in [4.69, 9.17) is 4.74 Å². The van der Waals surface area contributed by atoms with Gasteiger partial charge in [-0.15, -0.1) is 0 Å². The number of benzene rings is 2. The third-order valence-corrected chi connectivity index (χ3v) is 7.66. The molecule has 0 aliphatic carbocycles. The number of carbonyl (C=O) groups is 2. The first-order valence-electron chi connectivity index (χ1n) is 10.7. The van der Waals surface area contributed by atoms with Crippen molar-refractivity contribution in [2.75, 3.05) is 43.9 Å². The van der Waals surface area contributed by atoms with Crippen LogP contribution in [0, 0.1) is 6.92 Å². The Labute approximate surface area is 188 Å². The maximum Gasteiger partial charge on any atom is 0.262 e. The molecule has 9 heteroatoms. The van der Waals surface area contributed by atoms with E-state index in [9.17, 15) is 18.0 Å². The van der Waals surface area contributed by atoms with Crippen molar-refractivity contribution in [3.05, 3.63) is 53.6 Å². The van der Waals surface area contributed by atoms with Gasteiger partial charge in [-0.2, -0.15) is 0 Å². The van der Waals surface area contributed by atoms with Gasteiger partial charge in [0, 0.05) is 45.2 Å². The normalized spacial score (nSPS) is 16.8. The van der Waals surface area contributed by atoms with Crippen LogP contribution in [0.4, 0.5) is 5.69 Å². The minimum atomic E-state index is -3.67. The molecule has 170 valence electrons. The van der Waals surface area contributed by atoms with E-state index in [1.54, 1.807) is 17.9 Å². The first-order valence-corrected chi connectivity index (χ1v) is 12.3. The van der Waals surface area contributed by atoms with Gasteiger partial charge in [-0.1, -0.05) is 30.3 Å². The van der Waals surface area contributed by atoms with Crippen molar-refractivity contribution in [1.29, 1.82) is 0 Å². The van der Waals surface area contributed by atoms with E-state index < -0.39 is 9.84 Å². The van der Waals surface area contributed by atoms with Crippen molar-refractivity contribution in [3.63, 3.8) is 0 Å². The molecule has 2 aromatic carbocycles. The van der Waals surface area contributed by atoms with Gasteiger partial charge in [0.2, 0.25) is 5.91 Å². The summed E-state index contributed by atoms with van der Waals surface area (Å²) in [5.74, 6) is -0.356. The molecule has 0 atom stereocenters. The number of carbonyl (C=O) groups excluding carboxylic acids is 2. The topological polar surface area (TPSA) is 96.0 Å². The molecule has 0 spiro atoms. The first-order chi connectivity index (χ1) is 15.3. The maximum absolute atomic E-state index is 12.9. The third kappa shape index (κ3) is 5.11. The Morgan fingerprint density at radius 1 is 1.09 bits per heavy atom. The van der Waals surface area contributed by atoms with Crippen LogP contribution in [0.25, 0.3) is 0 Å². The minimum Gasteiger partial charge on any atom is -0.482 e. The fourth-order valence-corrected chi connectivity index (χ4v) is 5.54. The van der Waals surface area contributed by atoms with E-state index in [1.807, 2.05) is 18.2 Å². The Bertz CT molecular complexity index is 1110. The van der Waals surface area contributed by atoms with Crippen LogP contribution in [0.2, 0.25) is 0 Å². The molecule has 0 unspecified atom stereocenters. The number of aryl methyl sites for hydroxylation is 1. The lowest BCUT2D eigenvalue weighted by molar-refractivity contribution is -0.132. The van der Waals surface area contributed by atoms with Crippen LogP contribution in [-0.4, -0.2) is 68.6 Å². The molecule has 2 aliphatic heterocycles. The van der Waals surface area contributed by atoms with Crippen molar-refractivity contribution < 1.29 is 22.7 Å². The number of nitrogens with zero attached hydrogens (tertiary/aromatic N) is 2. The van der Waals surface area contributed by atoms with Gasteiger partial charge in [-0.25, -0.2) is 8.42 Å². The van der Waals surface area contributed by atoms with Crippen LogP contribution in [0.5, 0.6) is 5.75 Å². The van der Waals surface area contributed by atoms with Crippen LogP contribution in [-0.2, 0) is 26.0 Å². The Morgan fingerprint density at radius 2 is 1.81 bits per heavy atom. The number of fused-ring (bicyclic) bond motifs is 1. The van der Waals surface area contributed by atoms with Crippen molar-refractivity contribution in [2.24, 2.45) is 0 Å². The molecule has 0 radical (unpaired) electrons. The largest absolute Gasteiger partial charge is 0.482 e. The highest BCUT2D eigenvalue weighted by molar-refractivity contribution is 7.91. The zero-order valence-corrected chi connectivity index (χ0v) is 18.9. The molecule has 0 bridgehead atoms. The average Bonchev–Trinajstić information content (AvgIpc) is 2.78. The molecule has 1 N–H and O–H groups in total. The summed E-state index contributed by atoms with van der Waals surface area (Å²) < 4.78 is 31.2. The molecule has 2 heterocycles. The average molecular weight is 458 g/mol. The molecule has 1 fully saturated rings. The van der Waals surface area contributed by atoms with E-state index in [0.29, 0.717) is 30.1 Å². The van der Waals surface area contributed by atoms with E-state index in [1.165, 1.54) is 11.6 Å². The lowest BCUT2D eigenvalue weighted by Gasteiger charge is -2.34. The smallest absolute Gasteiger partial charge is 0.262 e. The molecule has 4 rings (SSSR count). The van der Waals surface area contributed by atoms with Crippen LogP contribution >= 0.6 is 0 Å². The number of sulfone groups is 1. The van der Waals surface area contributed by atoms with Crippen molar-refractivity contribution in [2.45, 2.75) is 24.8 Å². The minimum absolute atomic E-state index is 0.0604. The Balaban J connectivity index is 1.32. The molecular weight excluding hydrogens is 430 g/mol. The quantitative estimate of drug-likeness (QED) is 0.711. The summed E-state index contributed by atoms with van der Waals surface area (Å²) in [5, 5.41) is 2.67. The second-order valence-corrected chi connectivity index (χ2v) is 10.2. The molecule has 2 aromatic rings. The number of piperazine rings is 1. The molecule has 32 heavy (non-hydrogen) atoms. The summed E-state index contributed by atoms with van der Waals surface area (Å²) in [6.07, 6.45) is -0.0604. The maximum atomic E-state index is 12.9. The molecular formula is C23H27N3O5S. The van der Waals surface area contributed by atoms with E-state index in [0.717, 1.165) is 19.6 Å². The van der Waals surface area contributed by atoms with Crippen molar-refractivity contribution >= 4 is 27.3 Å². The fourth-order valence-electron chi connectivity index (χ4n) is 4.04. The van der Waals surface area contributed by atoms with Crippen LogP contribution in [0.1, 0.15) is 17.5 Å². The molecule has 2 amide bonds. The van der Waals surface area contributed by atoms with Crippen LogP contribution in [0.3, 0.4) is 0 Å². The van der Waals surface area contributed by atoms with E-state index in [2.05, 4.69) is 22.3 Å². The van der Waals surface area contributed by atoms with Crippen LogP contribution < -0.4 is 10.1 Å². The fraction of sp³-hybridized carbons (Fsp3) is 0.391. The number of nitrogens with one attached hydrogen (secondary N) is 1. The Kier molecular flexibility index (Phi) is 6.48. The first kappa shape index (κ1) is 22.3. The number of hydrogen-bond acceptors (Lipinski definition) is 6. The zero-order chi connectivity index (χ0) is 22.7. The van der Waals surface area contributed by atoms with Gasteiger partial charge in [0.15, 0.2) is 16.4 Å². The number of ether oxygens (including phenoxy) is 1. The van der Waals surface area contributed by atoms with Crippen molar-refractivity contribution in [1.82, 2.24) is 9.80 Å². The number of amides is 2. The summed E-state index contributed by atoms with van der Waals surface area (Å²) in [6.45, 7) is 5.08. The summed E-state index contributed by atoms with van der Waals surface area (Å²) in [6, 6.07) is 13.2.